The molecule has 96 valence electrons. The maximum Gasteiger partial charge on any atom is 0.134 e. The molecule has 0 bridgehead atoms. The number of ether oxygens (including phenoxy) is 1. The molecular formula is C14H18N2OS. The Balaban J connectivity index is 2.26. The summed E-state index contributed by atoms with van der Waals surface area (Å²) in [6, 6.07) is 10.5. The SMILES string of the molecule is CNC(C)c1cnc(C(OC)c2ccccc2)s1. The minimum Gasteiger partial charge on any atom is -0.370 e. The monoisotopic (exact) mass is 262 g/mol. The molecule has 1 aromatic carbocycles. The average Bonchev–Trinajstić information content (AvgIpc) is 2.89. The molecule has 0 amide bonds. The van der Waals surface area contributed by atoms with E-state index in [2.05, 4.69) is 29.4 Å². The van der Waals surface area contributed by atoms with E-state index in [1.165, 1.54) is 4.88 Å². The van der Waals surface area contributed by atoms with E-state index in [1.807, 2.05) is 31.4 Å². The molecule has 3 nitrogen and oxygen atoms in total. The first-order valence-electron chi connectivity index (χ1n) is 5.97. The van der Waals surface area contributed by atoms with Gasteiger partial charge in [-0.2, -0.15) is 0 Å². The second-order valence-electron chi connectivity index (χ2n) is 4.14. The molecule has 0 saturated carbocycles. The number of nitrogens with one attached hydrogen (secondary N) is 1. The Morgan fingerprint density at radius 1 is 1.28 bits per heavy atom. The Bertz CT molecular complexity index is 484. The Labute approximate surface area is 112 Å². The van der Waals surface area contributed by atoms with Gasteiger partial charge in [0.15, 0.2) is 0 Å². The van der Waals surface area contributed by atoms with Crippen molar-refractivity contribution in [1.82, 2.24) is 10.3 Å². The lowest BCUT2D eigenvalue weighted by molar-refractivity contribution is 0.136. The number of nitrogens with zero attached hydrogens (tertiary/aromatic N) is 1. The van der Waals surface area contributed by atoms with Crippen molar-refractivity contribution < 1.29 is 4.74 Å². The van der Waals surface area contributed by atoms with Crippen LogP contribution in [0.25, 0.3) is 0 Å². The number of methoxy groups -OCH3 is 1. The molecule has 0 fully saturated rings. The number of hydrogen-bond donors (Lipinski definition) is 1. The standard InChI is InChI=1S/C14H18N2OS/c1-10(15-2)12-9-16-14(18-12)13(17-3)11-7-5-4-6-8-11/h4-10,13,15H,1-3H3. The van der Waals surface area contributed by atoms with Gasteiger partial charge in [-0.3, -0.25) is 0 Å². The van der Waals surface area contributed by atoms with Gasteiger partial charge in [0.05, 0.1) is 0 Å². The Kier molecular flexibility index (Phi) is 4.47. The molecule has 0 aliphatic heterocycles. The smallest absolute Gasteiger partial charge is 0.134 e. The highest BCUT2D eigenvalue weighted by Crippen LogP contribution is 2.30. The third-order valence-electron chi connectivity index (χ3n) is 2.96. The summed E-state index contributed by atoms with van der Waals surface area (Å²) in [5, 5.41) is 4.22. The van der Waals surface area contributed by atoms with Crippen LogP contribution < -0.4 is 5.32 Å². The fourth-order valence-corrected chi connectivity index (χ4v) is 2.86. The van der Waals surface area contributed by atoms with Gasteiger partial charge in [-0.25, -0.2) is 4.98 Å². The molecule has 0 radical (unpaired) electrons. The number of thiazole rings is 1. The zero-order valence-corrected chi connectivity index (χ0v) is 11.7. The van der Waals surface area contributed by atoms with Crippen LogP contribution in [0.1, 0.15) is 34.5 Å². The van der Waals surface area contributed by atoms with Gasteiger partial charge in [0, 0.05) is 24.2 Å². The first-order valence-corrected chi connectivity index (χ1v) is 6.78. The summed E-state index contributed by atoms with van der Waals surface area (Å²) in [5.41, 5.74) is 1.14. The Morgan fingerprint density at radius 2 is 2.00 bits per heavy atom. The molecule has 2 unspecified atom stereocenters. The molecule has 4 heteroatoms. The third kappa shape index (κ3) is 2.77. The summed E-state index contributed by atoms with van der Waals surface area (Å²) in [5.74, 6) is 0. The molecule has 2 rings (SSSR count). The van der Waals surface area contributed by atoms with Gasteiger partial charge in [0.1, 0.15) is 11.1 Å². The van der Waals surface area contributed by atoms with Crippen molar-refractivity contribution in [3.63, 3.8) is 0 Å². The van der Waals surface area contributed by atoms with Crippen LogP contribution in [0.2, 0.25) is 0 Å². The lowest BCUT2D eigenvalue weighted by Gasteiger charge is -2.12. The zero-order chi connectivity index (χ0) is 13.0. The summed E-state index contributed by atoms with van der Waals surface area (Å²) in [6.07, 6.45) is 1.85. The van der Waals surface area contributed by atoms with Crippen LogP contribution >= 0.6 is 11.3 Å². The predicted octanol–water partition coefficient (Wildman–Crippen LogP) is 3.16. The quantitative estimate of drug-likeness (QED) is 0.898. The summed E-state index contributed by atoms with van der Waals surface area (Å²) in [4.78, 5) is 5.71. The summed E-state index contributed by atoms with van der Waals surface area (Å²) >= 11 is 1.69. The van der Waals surface area contributed by atoms with Crippen molar-refractivity contribution in [2.75, 3.05) is 14.2 Å². The molecule has 0 aliphatic carbocycles. The summed E-state index contributed by atoms with van der Waals surface area (Å²) < 4.78 is 5.58. The van der Waals surface area contributed by atoms with Gasteiger partial charge in [0.25, 0.3) is 0 Å². The van der Waals surface area contributed by atoms with Crippen molar-refractivity contribution in [1.29, 1.82) is 0 Å². The van der Waals surface area contributed by atoms with E-state index in [4.69, 9.17) is 4.74 Å². The second kappa shape index (κ2) is 6.09. The average molecular weight is 262 g/mol. The van der Waals surface area contributed by atoms with Gasteiger partial charge in [-0.15, -0.1) is 11.3 Å². The lowest BCUT2D eigenvalue weighted by Crippen LogP contribution is -2.10. The summed E-state index contributed by atoms with van der Waals surface area (Å²) in [7, 11) is 3.68. The normalized spacial score (nSPS) is 14.4. The van der Waals surface area contributed by atoms with E-state index in [9.17, 15) is 0 Å². The van der Waals surface area contributed by atoms with Crippen LogP contribution in [0.15, 0.2) is 36.5 Å². The van der Waals surface area contributed by atoms with Gasteiger partial charge in [-0.05, 0) is 19.5 Å². The van der Waals surface area contributed by atoms with Crippen LogP contribution in [-0.4, -0.2) is 19.1 Å². The van der Waals surface area contributed by atoms with E-state index >= 15 is 0 Å². The van der Waals surface area contributed by atoms with Crippen molar-refractivity contribution in [2.24, 2.45) is 0 Å². The highest BCUT2D eigenvalue weighted by molar-refractivity contribution is 7.11. The van der Waals surface area contributed by atoms with Gasteiger partial charge >= 0.3 is 0 Å². The zero-order valence-electron chi connectivity index (χ0n) is 10.9. The van der Waals surface area contributed by atoms with Gasteiger partial charge in [0.2, 0.25) is 0 Å². The van der Waals surface area contributed by atoms with E-state index in [0.717, 1.165) is 10.6 Å². The lowest BCUT2D eigenvalue weighted by atomic mass is 10.1. The van der Waals surface area contributed by atoms with Crippen molar-refractivity contribution in [3.8, 4) is 0 Å². The van der Waals surface area contributed by atoms with Crippen molar-refractivity contribution in [2.45, 2.75) is 19.1 Å². The number of hydrogen-bond acceptors (Lipinski definition) is 4. The van der Waals surface area contributed by atoms with Crippen LogP contribution in [-0.2, 0) is 4.74 Å². The van der Waals surface area contributed by atoms with Crippen LogP contribution in [0.4, 0.5) is 0 Å². The van der Waals surface area contributed by atoms with Crippen LogP contribution in [0, 0.1) is 0 Å². The molecule has 1 aromatic heterocycles. The predicted molar refractivity (Wildman–Crippen MR) is 74.9 cm³/mol. The first-order chi connectivity index (χ1) is 8.76. The highest BCUT2D eigenvalue weighted by atomic mass is 32.1. The van der Waals surface area contributed by atoms with E-state index in [1.54, 1.807) is 18.4 Å². The molecular weight excluding hydrogens is 244 g/mol. The van der Waals surface area contributed by atoms with Crippen molar-refractivity contribution >= 4 is 11.3 Å². The molecule has 0 aliphatic rings. The first kappa shape index (κ1) is 13.2. The van der Waals surface area contributed by atoms with Gasteiger partial charge in [-0.1, -0.05) is 30.3 Å². The maximum absolute atomic E-state index is 5.58. The molecule has 18 heavy (non-hydrogen) atoms. The van der Waals surface area contributed by atoms with E-state index in [-0.39, 0.29) is 6.10 Å². The maximum atomic E-state index is 5.58. The number of rotatable bonds is 5. The molecule has 1 N–H and O–H groups in total. The number of benzene rings is 1. The van der Waals surface area contributed by atoms with Gasteiger partial charge < -0.3 is 10.1 Å². The minimum absolute atomic E-state index is 0.0750. The van der Waals surface area contributed by atoms with Crippen LogP contribution in [0.5, 0.6) is 0 Å². The fraction of sp³-hybridized carbons (Fsp3) is 0.357. The molecule has 1 heterocycles. The third-order valence-corrected chi connectivity index (χ3v) is 4.19. The highest BCUT2D eigenvalue weighted by Gasteiger charge is 2.18. The molecule has 2 atom stereocenters. The molecule has 0 spiro atoms. The second-order valence-corrected chi connectivity index (χ2v) is 5.23. The minimum atomic E-state index is -0.0750. The Morgan fingerprint density at radius 3 is 2.61 bits per heavy atom. The van der Waals surface area contributed by atoms with E-state index in [0.29, 0.717) is 6.04 Å². The van der Waals surface area contributed by atoms with E-state index < -0.39 is 0 Å². The Hall–Kier alpha value is -1.23. The molecule has 2 aromatic rings. The van der Waals surface area contributed by atoms with Crippen LogP contribution in [0.3, 0.4) is 0 Å². The topological polar surface area (TPSA) is 34.2 Å². The largest absolute Gasteiger partial charge is 0.370 e. The summed E-state index contributed by atoms with van der Waals surface area (Å²) in [6.45, 7) is 2.13. The number of aromatic nitrogens is 1. The fourth-order valence-electron chi connectivity index (χ4n) is 1.77. The van der Waals surface area contributed by atoms with Crippen molar-refractivity contribution in [3.05, 3.63) is 52.0 Å². The molecule has 0 saturated heterocycles.